The molecule has 0 saturated heterocycles. The van der Waals surface area contributed by atoms with E-state index in [0.29, 0.717) is 0 Å². The highest BCUT2D eigenvalue weighted by atomic mass is 32.2. The lowest BCUT2D eigenvalue weighted by atomic mass is 10.1. The predicted molar refractivity (Wildman–Crippen MR) is 61.5 cm³/mol. The maximum absolute atomic E-state index is 8.77. The number of unbranched alkanes of at least 4 members (excludes halogenated alkanes) is 1. The Balaban J connectivity index is 2.63. The number of rotatable bonds is 4. The van der Waals surface area contributed by atoms with Gasteiger partial charge in [-0.05, 0) is 42.9 Å². The fourth-order valence-corrected chi connectivity index (χ4v) is 2.28. The average molecular weight is 205 g/mol. The van der Waals surface area contributed by atoms with Crippen molar-refractivity contribution in [1.82, 2.24) is 0 Å². The number of nitrogens with zero attached hydrogens (tertiary/aromatic N) is 1. The molecule has 1 aromatic carbocycles. The summed E-state index contributed by atoms with van der Waals surface area (Å²) in [5, 5.41) is 8.77. The molecule has 0 fully saturated rings. The monoisotopic (exact) mass is 205 g/mol. The molecule has 0 aliphatic carbocycles. The van der Waals surface area contributed by atoms with E-state index in [1.54, 1.807) is 0 Å². The van der Waals surface area contributed by atoms with Crippen LogP contribution < -0.4 is 0 Å². The minimum absolute atomic E-state index is 0.782. The molecule has 74 valence electrons. The van der Waals surface area contributed by atoms with Crippen molar-refractivity contribution in [3.63, 3.8) is 0 Å². The number of hydrogen-bond donors (Lipinski definition) is 0. The molecular formula is C12H15NS. The van der Waals surface area contributed by atoms with Crippen LogP contribution in [0.1, 0.15) is 30.9 Å². The van der Waals surface area contributed by atoms with Gasteiger partial charge in [0.25, 0.3) is 0 Å². The van der Waals surface area contributed by atoms with Crippen LogP contribution in [0.4, 0.5) is 0 Å². The van der Waals surface area contributed by atoms with Crippen LogP contribution in [0, 0.1) is 18.3 Å². The Labute approximate surface area is 90.1 Å². The van der Waals surface area contributed by atoms with Crippen molar-refractivity contribution in [1.29, 1.82) is 5.26 Å². The molecule has 0 spiro atoms. The van der Waals surface area contributed by atoms with E-state index in [1.165, 1.54) is 23.5 Å². The quantitative estimate of drug-likeness (QED) is 0.552. The molecule has 2 heteroatoms. The van der Waals surface area contributed by atoms with Crippen molar-refractivity contribution in [3.8, 4) is 6.07 Å². The molecule has 0 amide bonds. The lowest BCUT2D eigenvalue weighted by molar-refractivity contribution is 0.896. The highest BCUT2D eigenvalue weighted by Crippen LogP contribution is 2.21. The number of nitriles is 1. The number of hydrogen-bond acceptors (Lipinski definition) is 2. The fraction of sp³-hybridized carbons (Fsp3) is 0.417. The van der Waals surface area contributed by atoms with E-state index in [0.717, 1.165) is 11.1 Å². The first kappa shape index (κ1) is 11.1. The largest absolute Gasteiger partial charge is 0.192 e. The van der Waals surface area contributed by atoms with Crippen LogP contribution in [0.3, 0.4) is 0 Å². The standard InChI is InChI=1S/C12H15NS/c1-3-4-7-14-12-6-5-11(9-13)10(2)8-12/h5-6,8H,3-4,7H2,1-2H3. The van der Waals surface area contributed by atoms with Gasteiger partial charge in [0, 0.05) is 4.90 Å². The highest BCUT2D eigenvalue weighted by Gasteiger charge is 1.99. The number of aryl methyl sites for hydroxylation is 1. The molecule has 0 heterocycles. The van der Waals surface area contributed by atoms with Crippen LogP contribution in [0.15, 0.2) is 23.1 Å². The van der Waals surface area contributed by atoms with Gasteiger partial charge in [-0.3, -0.25) is 0 Å². The van der Waals surface area contributed by atoms with Gasteiger partial charge in [0.15, 0.2) is 0 Å². The minimum Gasteiger partial charge on any atom is -0.192 e. The van der Waals surface area contributed by atoms with Gasteiger partial charge >= 0.3 is 0 Å². The zero-order valence-electron chi connectivity index (χ0n) is 8.71. The molecule has 0 N–H and O–H groups in total. The topological polar surface area (TPSA) is 23.8 Å². The molecule has 1 nitrogen and oxygen atoms in total. The fourth-order valence-electron chi connectivity index (χ4n) is 1.19. The van der Waals surface area contributed by atoms with E-state index in [9.17, 15) is 0 Å². The van der Waals surface area contributed by atoms with E-state index in [-0.39, 0.29) is 0 Å². The van der Waals surface area contributed by atoms with E-state index in [4.69, 9.17) is 5.26 Å². The molecule has 0 bridgehead atoms. The van der Waals surface area contributed by atoms with Crippen molar-refractivity contribution >= 4 is 11.8 Å². The van der Waals surface area contributed by atoms with Gasteiger partial charge in [0.05, 0.1) is 11.6 Å². The zero-order valence-corrected chi connectivity index (χ0v) is 9.53. The molecule has 0 aliphatic heterocycles. The summed E-state index contributed by atoms with van der Waals surface area (Å²) in [5.41, 5.74) is 1.86. The van der Waals surface area contributed by atoms with Gasteiger partial charge in [-0.1, -0.05) is 13.3 Å². The number of benzene rings is 1. The Bertz CT molecular complexity index is 339. The Morgan fingerprint density at radius 3 is 2.79 bits per heavy atom. The van der Waals surface area contributed by atoms with Crippen LogP contribution in [0.2, 0.25) is 0 Å². The summed E-state index contributed by atoms with van der Waals surface area (Å²) >= 11 is 1.87. The second-order valence-electron chi connectivity index (χ2n) is 3.29. The summed E-state index contributed by atoms with van der Waals surface area (Å²) in [6.07, 6.45) is 2.49. The van der Waals surface area contributed by atoms with E-state index < -0.39 is 0 Å². The minimum atomic E-state index is 0.782. The maximum atomic E-state index is 8.77. The predicted octanol–water partition coefficient (Wildman–Crippen LogP) is 3.76. The first-order valence-electron chi connectivity index (χ1n) is 4.91. The molecule has 1 rings (SSSR count). The molecule has 0 aliphatic rings. The van der Waals surface area contributed by atoms with Gasteiger partial charge in [0.1, 0.15) is 0 Å². The maximum Gasteiger partial charge on any atom is 0.0994 e. The summed E-state index contributed by atoms with van der Waals surface area (Å²) < 4.78 is 0. The zero-order chi connectivity index (χ0) is 10.4. The van der Waals surface area contributed by atoms with Crippen LogP contribution in [0.25, 0.3) is 0 Å². The lowest BCUT2D eigenvalue weighted by Crippen LogP contribution is -1.84. The molecule has 0 aromatic heterocycles. The SMILES string of the molecule is CCCCSc1ccc(C#N)c(C)c1. The Kier molecular flexibility index (Phi) is 4.55. The van der Waals surface area contributed by atoms with Crippen molar-refractivity contribution in [3.05, 3.63) is 29.3 Å². The summed E-state index contributed by atoms with van der Waals surface area (Å²) in [4.78, 5) is 1.27. The van der Waals surface area contributed by atoms with Crippen LogP contribution >= 0.6 is 11.8 Å². The second kappa shape index (κ2) is 5.72. The van der Waals surface area contributed by atoms with E-state index in [2.05, 4.69) is 19.1 Å². The summed E-state index contributed by atoms with van der Waals surface area (Å²) in [5.74, 6) is 1.17. The van der Waals surface area contributed by atoms with Crippen LogP contribution in [-0.4, -0.2) is 5.75 Å². The lowest BCUT2D eigenvalue weighted by Gasteiger charge is -2.02. The average Bonchev–Trinajstić information content (AvgIpc) is 2.18. The second-order valence-corrected chi connectivity index (χ2v) is 4.46. The summed E-state index contributed by atoms with van der Waals surface area (Å²) in [6.45, 7) is 4.19. The number of thioether (sulfide) groups is 1. The molecule has 0 atom stereocenters. The van der Waals surface area contributed by atoms with Crippen LogP contribution in [0.5, 0.6) is 0 Å². The Hall–Kier alpha value is -0.940. The van der Waals surface area contributed by atoms with Crippen LogP contribution in [-0.2, 0) is 0 Å². The third kappa shape index (κ3) is 3.08. The Morgan fingerprint density at radius 1 is 1.43 bits per heavy atom. The molecule has 0 saturated carbocycles. The smallest absolute Gasteiger partial charge is 0.0994 e. The normalized spacial score (nSPS) is 9.79. The Morgan fingerprint density at radius 2 is 2.21 bits per heavy atom. The first-order chi connectivity index (χ1) is 6.77. The van der Waals surface area contributed by atoms with Gasteiger partial charge in [-0.2, -0.15) is 5.26 Å². The first-order valence-corrected chi connectivity index (χ1v) is 5.90. The third-order valence-corrected chi connectivity index (χ3v) is 3.17. The summed E-state index contributed by atoms with van der Waals surface area (Å²) in [6, 6.07) is 8.22. The van der Waals surface area contributed by atoms with E-state index in [1.807, 2.05) is 30.8 Å². The molecule has 0 radical (unpaired) electrons. The van der Waals surface area contributed by atoms with Crippen molar-refractivity contribution in [2.75, 3.05) is 5.75 Å². The third-order valence-electron chi connectivity index (χ3n) is 2.08. The molecular weight excluding hydrogens is 190 g/mol. The van der Waals surface area contributed by atoms with Gasteiger partial charge in [0.2, 0.25) is 0 Å². The van der Waals surface area contributed by atoms with Gasteiger partial charge < -0.3 is 0 Å². The van der Waals surface area contributed by atoms with Gasteiger partial charge in [-0.25, -0.2) is 0 Å². The molecule has 1 aromatic rings. The van der Waals surface area contributed by atoms with Crippen molar-refractivity contribution < 1.29 is 0 Å². The molecule has 0 unspecified atom stereocenters. The molecule has 14 heavy (non-hydrogen) atoms. The van der Waals surface area contributed by atoms with Crippen molar-refractivity contribution in [2.45, 2.75) is 31.6 Å². The summed E-state index contributed by atoms with van der Waals surface area (Å²) in [7, 11) is 0. The highest BCUT2D eigenvalue weighted by molar-refractivity contribution is 7.99. The van der Waals surface area contributed by atoms with Crippen molar-refractivity contribution in [2.24, 2.45) is 0 Å². The van der Waals surface area contributed by atoms with Gasteiger partial charge in [-0.15, -0.1) is 11.8 Å². The van der Waals surface area contributed by atoms with E-state index >= 15 is 0 Å².